The standard InChI is InChI=1S/C16H12FNO2/c1-11-2-3-12(9-18)8-16(11)20-10-15(19)13-4-6-14(17)7-5-13/h2-8H,10H2,1H3. The van der Waals surface area contributed by atoms with Crippen LogP contribution in [0, 0.1) is 24.1 Å². The van der Waals surface area contributed by atoms with E-state index >= 15 is 0 Å². The third kappa shape index (κ3) is 3.21. The topological polar surface area (TPSA) is 50.1 Å². The number of nitrogens with zero attached hydrogens (tertiary/aromatic N) is 1. The third-order valence-corrected chi connectivity index (χ3v) is 2.84. The minimum absolute atomic E-state index is 0.151. The Morgan fingerprint density at radius 2 is 1.95 bits per heavy atom. The number of ether oxygens (including phenoxy) is 1. The summed E-state index contributed by atoms with van der Waals surface area (Å²) in [6.07, 6.45) is 0. The zero-order valence-corrected chi connectivity index (χ0v) is 10.9. The van der Waals surface area contributed by atoms with Gasteiger partial charge < -0.3 is 4.74 Å². The number of halogens is 1. The summed E-state index contributed by atoms with van der Waals surface area (Å²) in [6, 6.07) is 12.3. The van der Waals surface area contributed by atoms with Crippen LogP contribution in [0.1, 0.15) is 21.5 Å². The second kappa shape index (κ2) is 5.98. The highest BCUT2D eigenvalue weighted by Gasteiger charge is 2.08. The summed E-state index contributed by atoms with van der Waals surface area (Å²) in [5.41, 5.74) is 1.70. The maximum atomic E-state index is 12.8. The Kier molecular flexibility index (Phi) is 4.11. The van der Waals surface area contributed by atoms with E-state index < -0.39 is 0 Å². The highest BCUT2D eigenvalue weighted by molar-refractivity contribution is 5.97. The molecule has 0 heterocycles. The van der Waals surface area contributed by atoms with Crippen molar-refractivity contribution in [2.45, 2.75) is 6.92 Å². The lowest BCUT2D eigenvalue weighted by Crippen LogP contribution is -2.12. The monoisotopic (exact) mass is 269 g/mol. The molecule has 0 saturated heterocycles. The molecule has 0 amide bonds. The first-order valence-corrected chi connectivity index (χ1v) is 6.02. The number of aryl methyl sites for hydroxylation is 1. The SMILES string of the molecule is Cc1ccc(C#N)cc1OCC(=O)c1ccc(F)cc1. The van der Waals surface area contributed by atoms with E-state index in [0.717, 1.165) is 5.56 Å². The first-order valence-electron chi connectivity index (χ1n) is 6.02. The number of carbonyl (C=O) groups excluding carboxylic acids is 1. The van der Waals surface area contributed by atoms with Gasteiger partial charge in [0, 0.05) is 5.56 Å². The summed E-state index contributed by atoms with van der Waals surface area (Å²) in [6.45, 7) is 1.68. The molecule has 0 saturated carbocycles. The number of benzene rings is 2. The normalized spacial score (nSPS) is 9.85. The Morgan fingerprint density at radius 3 is 2.60 bits per heavy atom. The maximum Gasteiger partial charge on any atom is 0.200 e. The molecule has 0 radical (unpaired) electrons. The van der Waals surface area contributed by atoms with E-state index in [1.165, 1.54) is 24.3 Å². The molecule has 0 N–H and O–H groups in total. The largest absolute Gasteiger partial charge is 0.485 e. The van der Waals surface area contributed by atoms with Crippen molar-refractivity contribution in [1.29, 1.82) is 5.26 Å². The van der Waals surface area contributed by atoms with Gasteiger partial charge in [-0.2, -0.15) is 5.26 Å². The lowest BCUT2D eigenvalue weighted by molar-refractivity contribution is 0.0921. The van der Waals surface area contributed by atoms with E-state index in [4.69, 9.17) is 10.00 Å². The molecule has 100 valence electrons. The Bertz CT molecular complexity index is 672. The van der Waals surface area contributed by atoms with Crippen molar-refractivity contribution in [2.24, 2.45) is 0 Å². The summed E-state index contributed by atoms with van der Waals surface area (Å²) < 4.78 is 18.2. The molecule has 0 aliphatic heterocycles. The minimum atomic E-state index is -0.389. The fourth-order valence-electron chi connectivity index (χ4n) is 1.69. The number of rotatable bonds is 4. The lowest BCUT2D eigenvalue weighted by Gasteiger charge is -2.08. The molecule has 3 nitrogen and oxygen atoms in total. The molecule has 0 aliphatic rings. The van der Waals surface area contributed by atoms with Crippen LogP contribution < -0.4 is 4.74 Å². The van der Waals surface area contributed by atoms with Gasteiger partial charge in [-0.05, 0) is 48.9 Å². The second-order valence-electron chi connectivity index (χ2n) is 4.31. The van der Waals surface area contributed by atoms with Gasteiger partial charge in [0.05, 0.1) is 11.6 Å². The molecular formula is C16H12FNO2. The molecule has 20 heavy (non-hydrogen) atoms. The number of ketones is 1. The van der Waals surface area contributed by atoms with E-state index in [2.05, 4.69) is 0 Å². The molecule has 0 bridgehead atoms. The number of Topliss-reactive ketones (excluding diaryl/α,β-unsaturated/α-hetero) is 1. The van der Waals surface area contributed by atoms with E-state index in [1.807, 2.05) is 13.0 Å². The van der Waals surface area contributed by atoms with Crippen LogP contribution in [0.5, 0.6) is 5.75 Å². The molecule has 2 aromatic rings. The van der Waals surface area contributed by atoms with Gasteiger partial charge in [0.15, 0.2) is 12.4 Å². The van der Waals surface area contributed by atoms with Crippen molar-refractivity contribution >= 4 is 5.78 Å². The van der Waals surface area contributed by atoms with Crippen molar-refractivity contribution in [2.75, 3.05) is 6.61 Å². The molecule has 0 aliphatic carbocycles. The molecule has 0 fully saturated rings. The van der Waals surface area contributed by atoms with E-state index in [1.54, 1.807) is 18.2 Å². The first-order chi connectivity index (χ1) is 9.60. The summed E-state index contributed by atoms with van der Waals surface area (Å²) in [4.78, 5) is 11.9. The van der Waals surface area contributed by atoms with Gasteiger partial charge in [-0.25, -0.2) is 4.39 Å². The van der Waals surface area contributed by atoms with Crippen molar-refractivity contribution in [1.82, 2.24) is 0 Å². The van der Waals surface area contributed by atoms with Crippen LogP contribution in [0.3, 0.4) is 0 Å². The zero-order chi connectivity index (χ0) is 14.5. The fourth-order valence-corrected chi connectivity index (χ4v) is 1.69. The summed E-state index contributed by atoms with van der Waals surface area (Å²) in [5, 5.41) is 8.83. The molecule has 0 atom stereocenters. The van der Waals surface area contributed by atoms with Gasteiger partial charge in [0.1, 0.15) is 11.6 Å². The quantitative estimate of drug-likeness (QED) is 0.800. The zero-order valence-electron chi connectivity index (χ0n) is 10.9. The van der Waals surface area contributed by atoms with E-state index in [-0.39, 0.29) is 18.2 Å². The Balaban J connectivity index is 2.07. The van der Waals surface area contributed by atoms with Crippen molar-refractivity contribution < 1.29 is 13.9 Å². The predicted octanol–water partition coefficient (Wildman–Crippen LogP) is 3.27. The smallest absolute Gasteiger partial charge is 0.200 e. The van der Waals surface area contributed by atoms with Gasteiger partial charge in [0.25, 0.3) is 0 Å². The van der Waals surface area contributed by atoms with Crippen LogP contribution in [-0.4, -0.2) is 12.4 Å². The van der Waals surface area contributed by atoms with E-state index in [9.17, 15) is 9.18 Å². The number of nitriles is 1. The predicted molar refractivity (Wildman–Crippen MR) is 72.1 cm³/mol. The number of hydrogen-bond acceptors (Lipinski definition) is 3. The molecule has 2 rings (SSSR count). The van der Waals surface area contributed by atoms with Crippen LogP contribution in [0.25, 0.3) is 0 Å². The average Bonchev–Trinajstić information content (AvgIpc) is 2.47. The molecule has 2 aromatic carbocycles. The second-order valence-corrected chi connectivity index (χ2v) is 4.31. The number of hydrogen-bond donors (Lipinski definition) is 0. The van der Waals surface area contributed by atoms with Crippen LogP contribution in [0.15, 0.2) is 42.5 Å². The molecule has 0 aromatic heterocycles. The lowest BCUT2D eigenvalue weighted by atomic mass is 10.1. The van der Waals surface area contributed by atoms with Crippen LogP contribution >= 0.6 is 0 Å². The van der Waals surface area contributed by atoms with E-state index in [0.29, 0.717) is 16.9 Å². The van der Waals surface area contributed by atoms with Crippen LogP contribution in [-0.2, 0) is 0 Å². The Hall–Kier alpha value is -2.67. The first kappa shape index (κ1) is 13.8. The van der Waals surface area contributed by atoms with Gasteiger partial charge in [0.2, 0.25) is 0 Å². The van der Waals surface area contributed by atoms with Crippen molar-refractivity contribution in [3.05, 3.63) is 65.0 Å². The van der Waals surface area contributed by atoms with Gasteiger partial charge >= 0.3 is 0 Å². The minimum Gasteiger partial charge on any atom is -0.485 e. The maximum absolute atomic E-state index is 12.8. The van der Waals surface area contributed by atoms with Crippen molar-refractivity contribution in [3.8, 4) is 11.8 Å². The summed E-state index contributed by atoms with van der Waals surface area (Å²) >= 11 is 0. The van der Waals surface area contributed by atoms with Gasteiger partial charge in [-0.3, -0.25) is 4.79 Å². The molecular weight excluding hydrogens is 257 g/mol. The van der Waals surface area contributed by atoms with Crippen LogP contribution in [0.2, 0.25) is 0 Å². The summed E-state index contributed by atoms with van der Waals surface area (Å²) in [5.74, 6) is -0.133. The molecule has 4 heteroatoms. The fraction of sp³-hybridized carbons (Fsp3) is 0.125. The third-order valence-electron chi connectivity index (χ3n) is 2.84. The Morgan fingerprint density at radius 1 is 1.25 bits per heavy atom. The van der Waals surface area contributed by atoms with Crippen molar-refractivity contribution in [3.63, 3.8) is 0 Å². The molecule has 0 unspecified atom stereocenters. The molecule has 0 spiro atoms. The highest BCUT2D eigenvalue weighted by Crippen LogP contribution is 2.19. The average molecular weight is 269 g/mol. The van der Waals surface area contributed by atoms with Gasteiger partial charge in [-0.15, -0.1) is 0 Å². The highest BCUT2D eigenvalue weighted by atomic mass is 19.1. The van der Waals surface area contributed by atoms with Crippen LogP contribution in [0.4, 0.5) is 4.39 Å². The Labute approximate surface area is 116 Å². The van der Waals surface area contributed by atoms with Gasteiger partial charge in [-0.1, -0.05) is 6.07 Å². The summed E-state index contributed by atoms with van der Waals surface area (Å²) in [7, 11) is 0. The number of carbonyl (C=O) groups is 1.